The van der Waals surface area contributed by atoms with E-state index in [-0.39, 0.29) is 23.2 Å². The van der Waals surface area contributed by atoms with Crippen molar-refractivity contribution in [3.05, 3.63) is 77.0 Å². The molecule has 0 fully saturated rings. The molecule has 5 heteroatoms. The molecule has 0 bridgehead atoms. The summed E-state index contributed by atoms with van der Waals surface area (Å²) in [5.74, 6) is -0.679. The SMILES string of the molecule is O=C1NC(c2ccc(F)cc2)=N/C1=C\c1ccc(F)cc1. The van der Waals surface area contributed by atoms with Crippen LogP contribution in [0, 0.1) is 11.6 Å². The van der Waals surface area contributed by atoms with E-state index in [4.69, 9.17) is 0 Å². The van der Waals surface area contributed by atoms with Gasteiger partial charge in [-0.25, -0.2) is 13.8 Å². The summed E-state index contributed by atoms with van der Waals surface area (Å²) in [5, 5.41) is 2.62. The van der Waals surface area contributed by atoms with E-state index in [0.29, 0.717) is 17.0 Å². The summed E-state index contributed by atoms with van der Waals surface area (Å²) in [6, 6.07) is 11.4. The van der Waals surface area contributed by atoms with E-state index in [1.807, 2.05) is 0 Å². The van der Waals surface area contributed by atoms with Crippen LogP contribution in [0.3, 0.4) is 0 Å². The maximum atomic E-state index is 12.9. The highest BCUT2D eigenvalue weighted by molar-refractivity contribution is 6.19. The van der Waals surface area contributed by atoms with Crippen molar-refractivity contribution < 1.29 is 13.6 Å². The number of hydrogen-bond donors (Lipinski definition) is 1. The van der Waals surface area contributed by atoms with Crippen molar-refractivity contribution in [2.45, 2.75) is 0 Å². The Kier molecular flexibility index (Phi) is 3.31. The number of benzene rings is 2. The maximum Gasteiger partial charge on any atom is 0.275 e. The van der Waals surface area contributed by atoms with Gasteiger partial charge in [0.15, 0.2) is 0 Å². The number of nitrogens with one attached hydrogen (secondary N) is 1. The van der Waals surface area contributed by atoms with Crippen LogP contribution >= 0.6 is 0 Å². The summed E-state index contributed by atoms with van der Waals surface area (Å²) in [6.45, 7) is 0. The molecule has 1 heterocycles. The van der Waals surface area contributed by atoms with Crippen molar-refractivity contribution in [3.63, 3.8) is 0 Å². The number of hydrogen-bond acceptors (Lipinski definition) is 2. The van der Waals surface area contributed by atoms with Crippen LogP contribution < -0.4 is 5.32 Å². The number of rotatable bonds is 2. The highest BCUT2D eigenvalue weighted by Crippen LogP contribution is 2.15. The summed E-state index contributed by atoms with van der Waals surface area (Å²) in [4.78, 5) is 16.0. The van der Waals surface area contributed by atoms with Gasteiger partial charge in [0.25, 0.3) is 5.91 Å². The lowest BCUT2D eigenvalue weighted by molar-refractivity contribution is -0.115. The maximum absolute atomic E-state index is 12.9. The van der Waals surface area contributed by atoms with E-state index >= 15 is 0 Å². The van der Waals surface area contributed by atoms with Crippen LogP contribution in [0.25, 0.3) is 6.08 Å². The van der Waals surface area contributed by atoms with Gasteiger partial charge in [-0.2, -0.15) is 0 Å². The van der Waals surface area contributed by atoms with Crippen molar-refractivity contribution in [3.8, 4) is 0 Å². The lowest BCUT2D eigenvalue weighted by atomic mass is 10.2. The molecule has 0 atom stereocenters. The van der Waals surface area contributed by atoms with Crippen molar-refractivity contribution in [1.29, 1.82) is 0 Å². The van der Waals surface area contributed by atoms with Crippen molar-refractivity contribution >= 4 is 17.8 Å². The quantitative estimate of drug-likeness (QED) is 0.846. The van der Waals surface area contributed by atoms with Gasteiger partial charge in [-0.15, -0.1) is 0 Å². The second-order valence-corrected chi connectivity index (χ2v) is 4.50. The molecule has 2 aromatic carbocycles. The Labute approximate surface area is 119 Å². The first-order valence-electron chi connectivity index (χ1n) is 6.25. The van der Waals surface area contributed by atoms with Gasteiger partial charge < -0.3 is 5.32 Å². The molecule has 0 radical (unpaired) electrons. The summed E-state index contributed by atoms with van der Waals surface area (Å²) in [6.07, 6.45) is 1.56. The molecule has 3 nitrogen and oxygen atoms in total. The molecule has 0 saturated heterocycles. The van der Waals surface area contributed by atoms with Crippen LogP contribution in [0.2, 0.25) is 0 Å². The van der Waals surface area contributed by atoms with Gasteiger partial charge in [-0.3, -0.25) is 4.79 Å². The summed E-state index contributed by atoms with van der Waals surface area (Å²) >= 11 is 0. The third kappa shape index (κ3) is 2.86. The summed E-state index contributed by atoms with van der Waals surface area (Å²) < 4.78 is 25.7. The number of carbonyl (C=O) groups excluding carboxylic acids is 1. The Balaban J connectivity index is 1.91. The van der Waals surface area contributed by atoms with Gasteiger partial charge in [0.1, 0.15) is 23.2 Å². The number of halogens is 2. The summed E-state index contributed by atoms with van der Waals surface area (Å²) in [5.41, 5.74) is 1.51. The molecule has 3 rings (SSSR count). The first-order chi connectivity index (χ1) is 10.1. The zero-order valence-electron chi connectivity index (χ0n) is 10.8. The van der Waals surface area contributed by atoms with E-state index in [1.165, 1.54) is 36.4 Å². The normalized spacial score (nSPS) is 16.0. The first-order valence-corrected chi connectivity index (χ1v) is 6.25. The third-order valence-corrected chi connectivity index (χ3v) is 2.99. The van der Waals surface area contributed by atoms with Gasteiger partial charge in [-0.05, 0) is 48.0 Å². The molecule has 104 valence electrons. The van der Waals surface area contributed by atoms with Crippen molar-refractivity contribution in [1.82, 2.24) is 5.32 Å². The monoisotopic (exact) mass is 284 g/mol. The Morgan fingerprint density at radius 2 is 1.48 bits per heavy atom. The number of aliphatic imine (C=N–C) groups is 1. The molecular formula is C16H10F2N2O. The molecular weight excluding hydrogens is 274 g/mol. The van der Waals surface area contributed by atoms with E-state index in [1.54, 1.807) is 18.2 Å². The van der Waals surface area contributed by atoms with Gasteiger partial charge in [-0.1, -0.05) is 12.1 Å². The van der Waals surface area contributed by atoms with E-state index in [2.05, 4.69) is 10.3 Å². The lowest BCUT2D eigenvalue weighted by Gasteiger charge is -1.99. The Hall–Kier alpha value is -2.82. The predicted octanol–water partition coefficient (Wildman–Crippen LogP) is 2.88. The fraction of sp³-hybridized carbons (Fsp3) is 0. The Morgan fingerprint density at radius 3 is 2.10 bits per heavy atom. The molecule has 1 N–H and O–H groups in total. The van der Waals surface area contributed by atoms with Crippen LogP contribution in [0.5, 0.6) is 0 Å². The van der Waals surface area contributed by atoms with Crippen LogP contribution in [0.15, 0.2) is 59.2 Å². The van der Waals surface area contributed by atoms with Crippen LogP contribution in [0.4, 0.5) is 8.78 Å². The van der Waals surface area contributed by atoms with E-state index in [0.717, 1.165) is 0 Å². The third-order valence-electron chi connectivity index (χ3n) is 2.99. The number of nitrogens with zero attached hydrogens (tertiary/aromatic N) is 1. The lowest BCUT2D eigenvalue weighted by Crippen LogP contribution is -2.24. The van der Waals surface area contributed by atoms with Crippen molar-refractivity contribution in [2.24, 2.45) is 4.99 Å². The smallest absolute Gasteiger partial charge is 0.275 e. The molecule has 21 heavy (non-hydrogen) atoms. The second-order valence-electron chi connectivity index (χ2n) is 4.50. The van der Waals surface area contributed by atoms with Gasteiger partial charge in [0.05, 0.1) is 0 Å². The van der Waals surface area contributed by atoms with Crippen LogP contribution in [-0.2, 0) is 4.79 Å². The van der Waals surface area contributed by atoms with Crippen LogP contribution in [-0.4, -0.2) is 11.7 Å². The molecule has 0 unspecified atom stereocenters. The fourth-order valence-corrected chi connectivity index (χ4v) is 1.93. The molecule has 1 aliphatic rings. The number of amides is 1. The highest BCUT2D eigenvalue weighted by atomic mass is 19.1. The Bertz CT molecular complexity index is 747. The van der Waals surface area contributed by atoms with Gasteiger partial charge >= 0.3 is 0 Å². The minimum atomic E-state index is -0.356. The van der Waals surface area contributed by atoms with Crippen LogP contribution in [0.1, 0.15) is 11.1 Å². The van der Waals surface area contributed by atoms with E-state index < -0.39 is 0 Å². The zero-order chi connectivity index (χ0) is 14.8. The predicted molar refractivity (Wildman–Crippen MR) is 75.5 cm³/mol. The highest BCUT2D eigenvalue weighted by Gasteiger charge is 2.20. The molecule has 0 saturated carbocycles. The number of carbonyl (C=O) groups is 1. The second kappa shape index (κ2) is 5.28. The average Bonchev–Trinajstić information content (AvgIpc) is 2.83. The number of amidine groups is 1. The topological polar surface area (TPSA) is 41.5 Å². The average molecular weight is 284 g/mol. The largest absolute Gasteiger partial charge is 0.305 e. The van der Waals surface area contributed by atoms with Gasteiger partial charge in [0.2, 0.25) is 0 Å². The molecule has 0 aliphatic carbocycles. The van der Waals surface area contributed by atoms with E-state index in [9.17, 15) is 13.6 Å². The zero-order valence-corrected chi connectivity index (χ0v) is 10.8. The Morgan fingerprint density at radius 1 is 0.905 bits per heavy atom. The first kappa shape index (κ1) is 13.2. The molecule has 2 aromatic rings. The fourth-order valence-electron chi connectivity index (χ4n) is 1.93. The standard InChI is InChI=1S/C16H10F2N2O/c17-12-5-1-10(2-6-12)9-14-16(21)20-15(19-14)11-3-7-13(18)8-4-11/h1-9H,(H,19,20,21)/b14-9-. The molecule has 1 amide bonds. The van der Waals surface area contributed by atoms with Gasteiger partial charge in [0, 0.05) is 5.56 Å². The summed E-state index contributed by atoms with van der Waals surface area (Å²) in [7, 11) is 0. The minimum Gasteiger partial charge on any atom is -0.305 e. The van der Waals surface area contributed by atoms with Crippen molar-refractivity contribution in [2.75, 3.05) is 0 Å². The minimum absolute atomic E-state index is 0.223. The molecule has 1 aliphatic heterocycles. The molecule has 0 spiro atoms. The molecule has 0 aromatic heterocycles.